The van der Waals surface area contributed by atoms with Crippen LogP contribution in [0.15, 0.2) is 72.8 Å². The molecule has 170 valence electrons. The summed E-state index contributed by atoms with van der Waals surface area (Å²) >= 11 is 0. The molecule has 0 aliphatic carbocycles. The molecule has 0 radical (unpaired) electrons. The SMILES string of the molecule is O=C1NC(=O)C(CCCc2ccccc2)(C2CCN(Cc3ccc4ccccc4c3)CC2)N1. The summed E-state index contributed by atoms with van der Waals surface area (Å²) in [7, 11) is 0. The van der Waals surface area contributed by atoms with E-state index in [0.717, 1.165) is 45.3 Å². The lowest BCUT2D eigenvalue weighted by atomic mass is 9.74. The molecule has 3 amide bonds. The molecule has 2 heterocycles. The average Bonchev–Trinajstić information content (AvgIpc) is 3.14. The number of carbonyl (C=O) groups excluding carboxylic acids is 2. The van der Waals surface area contributed by atoms with E-state index >= 15 is 0 Å². The Labute approximate surface area is 195 Å². The van der Waals surface area contributed by atoms with Crippen LogP contribution >= 0.6 is 0 Å². The highest BCUT2D eigenvalue weighted by molar-refractivity contribution is 6.07. The van der Waals surface area contributed by atoms with E-state index in [-0.39, 0.29) is 17.9 Å². The van der Waals surface area contributed by atoms with Gasteiger partial charge in [0, 0.05) is 6.54 Å². The van der Waals surface area contributed by atoms with Gasteiger partial charge in [0.25, 0.3) is 5.91 Å². The smallest absolute Gasteiger partial charge is 0.322 e. The highest BCUT2D eigenvalue weighted by Gasteiger charge is 2.51. The van der Waals surface area contributed by atoms with Crippen LogP contribution in [0.4, 0.5) is 4.79 Å². The minimum atomic E-state index is -0.777. The van der Waals surface area contributed by atoms with Gasteiger partial charge < -0.3 is 5.32 Å². The molecular formula is C28H31N3O2. The zero-order valence-corrected chi connectivity index (χ0v) is 18.9. The minimum Gasteiger partial charge on any atom is -0.323 e. The molecule has 5 nitrogen and oxygen atoms in total. The maximum atomic E-state index is 12.9. The third kappa shape index (κ3) is 4.64. The van der Waals surface area contributed by atoms with E-state index in [1.807, 2.05) is 18.2 Å². The number of nitrogens with one attached hydrogen (secondary N) is 2. The van der Waals surface area contributed by atoms with Crippen LogP contribution in [-0.2, 0) is 17.8 Å². The largest absolute Gasteiger partial charge is 0.323 e. The van der Waals surface area contributed by atoms with Crippen LogP contribution in [0.1, 0.15) is 36.8 Å². The van der Waals surface area contributed by atoms with Gasteiger partial charge in [-0.25, -0.2) is 4.79 Å². The quantitative estimate of drug-likeness (QED) is 0.525. The lowest BCUT2D eigenvalue weighted by molar-refractivity contribution is -0.127. The molecule has 0 spiro atoms. The molecule has 33 heavy (non-hydrogen) atoms. The highest BCUT2D eigenvalue weighted by atomic mass is 16.2. The van der Waals surface area contributed by atoms with Gasteiger partial charge in [-0.15, -0.1) is 0 Å². The van der Waals surface area contributed by atoms with Crippen LogP contribution < -0.4 is 10.6 Å². The fourth-order valence-corrected chi connectivity index (χ4v) is 5.57. The number of likely N-dealkylation sites (tertiary alicyclic amines) is 1. The van der Waals surface area contributed by atoms with Gasteiger partial charge in [-0.1, -0.05) is 66.7 Å². The van der Waals surface area contributed by atoms with Crippen molar-refractivity contribution in [3.8, 4) is 0 Å². The third-order valence-corrected chi connectivity index (χ3v) is 7.35. The summed E-state index contributed by atoms with van der Waals surface area (Å²) < 4.78 is 0. The van der Waals surface area contributed by atoms with Crippen LogP contribution in [0.25, 0.3) is 10.8 Å². The Kier molecular flexibility index (Phi) is 6.14. The number of urea groups is 1. The predicted molar refractivity (Wildman–Crippen MR) is 131 cm³/mol. The molecule has 3 aromatic carbocycles. The summed E-state index contributed by atoms with van der Waals surface area (Å²) in [5.41, 5.74) is 1.81. The second-order valence-electron chi connectivity index (χ2n) is 9.45. The first-order valence-electron chi connectivity index (χ1n) is 12.0. The van der Waals surface area contributed by atoms with E-state index in [1.54, 1.807) is 0 Å². The van der Waals surface area contributed by atoms with E-state index in [1.165, 1.54) is 21.9 Å². The number of imide groups is 1. The summed E-state index contributed by atoms with van der Waals surface area (Å²) in [5, 5.41) is 8.09. The zero-order chi connectivity index (χ0) is 22.7. The van der Waals surface area contributed by atoms with Crippen molar-refractivity contribution in [2.75, 3.05) is 13.1 Å². The molecule has 1 atom stereocenters. The van der Waals surface area contributed by atoms with Crippen molar-refractivity contribution >= 4 is 22.7 Å². The minimum absolute atomic E-state index is 0.145. The molecule has 0 bridgehead atoms. The molecule has 2 aliphatic heterocycles. The molecule has 0 aromatic heterocycles. The summed E-state index contributed by atoms with van der Waals surface area (Å²) in [4.78, 5) is 27.5. The van der Waals surface area contributed by atoms with Gasteiger partial charge in [-0.2, -0.15) is 0 Å². The number of nitrogens with zero attached hydrogens (tertiary/aromatic N) is 1. The van der Waals surface area contributed by atoms with Gasteiger partial charge in [0.05, 0.1) is 0 Å². The standard InChI is InChI=1S/C28H31N3O2/c32-26-28(30-27(33)29-26,16-6-9-21-7-2-1-3-8-21)25-14-17-31(18-15-25)20-22-12-13-23-10-4-5-11-24(23)19-22/h1-5,7-8,10-13,19,25H,6,9,14-18,20H2,(H2,29,30,32,33). The monoisotopic (exact) mass is 441 g/mol. The van der Waals surface area contributed by atoms with Gasteiger partial charge in [-0.3, -0.25) is 15.0 Å². The summed E-state index contributed by atoms with van der Waals surface area (Å²) in [6.45, 7) is 2.78. The maximum absolute atomic E-state index is 12.9. The summed E-state index contributed by atoms with van der Waals surface area (Å²) in [5.74, 6) is 0.0149. The second-order valence-corrected chi connectivity index (χ2v) is 9.45. The van der Waals surface area contributed by atoms with Crippen LogP contribution in [0.2, 0.25) is 0 Å². The average molecular weight is 442 g/mol. The number of aryl methyl sites for hydroxylation is 1. The first-order valence-corrected chi connectivity index (χ1v) is 12.0. The van der Waals surface area contributed by atoms with Crippen molar-refractivity contribution in [3.05, 3.63) is 83.9 Å². The Morgan fingerprint density at radius 1 is 0.848 bits per heavy atom. The van der Waals surface area contributed by atoms with Gasteiger partial charge in [0.2, 0.25) is 0 Å². The van der Waals surface area contributed by atoms with Crippen molar-refractivity contribution in [3.63, 3.8) is 0 Å². The van der Waals surface area contributed by atoms with Crippen LogP contribution in [0, 0.1) is 5.92 Å². The van der Waals surface area contributed by atoms with Crippen molar-refractivity contribution in [2.24, 2.45) is 5.92 Å². The number of amides is 3. The van der Waals surface area contributed by atoms with Gasteiger partial charge in [0.1, 0.15) is 5.54 Å². The normalized spacial score (nSPS) is 21.8. The fourth-order valence-electron chi connectivity index (χ4n) is 5.57. The lowest BCUT2D eigenvalue weighted by Gasteiger charge is -2.40. The number of rotatable bonds is 7. The molecule has 2 aliphatic rings. The molecule has 3 aromatic rings. The molecule has 2 saturated heterocycles. The molecule has 2 N–H and O–H groups in total. The van der Waals surface area contributed by atoms with E-state index in [4.69, 9.17) is 0 Å². The first kappa shape index (κ1) is 21.7. The van der Waals surface area contributed by atoms with Crippen molar-refractivity contribution in [1.82, 2.24) is 15.5 Å². The Bertz CT molecular complexity index is 1140. The second kappa shape index (κ2) is 9.36. The summed E-state index contributed by atoms with van der Waals surface area (Å²) in [6.07, 6.45) is 4.27. The number of fused-ring (bicyclic) bond motifs is 1. The van der Waals surface area contributed by atoms with E-state index < -0.39 is 5.54 Å². The first-order chi connectivity index (χ1) is 16.1. The molecule has 1 unspecified atom stereocenters. The molecule has 5 heteroatoms. The predicted octanol–water partition coefficient (Wildman–Crippen LogP) is 4.65. The van der Waals surface area contributed by atoms with Gasteiger partial charge >= 0.3 is 6.03 Å². The van der Waals surface area contributed by atoms with Crippen LogP contribution in [-0.4, -0.2) is 35.5 Å². The Morgan fingerprint density at radius 3 is 2.30 bits per heavy atom. The number of hydrogen-bond donors (Lipinski definition) is 2. The summed E-state index contributed by atoms with van der Waals surface area (Å²) in [6, 6.07) is 25.1. The molecule has 5 rings (SSSR count). The Hall–Kier alpha value is -3.18. The number of hydrogen-bond acceptors (Lipinski definition) is 3. The molecule has 2 fully saturated rings. The Morgan fingerprint density at radius 2 is 1.58 bits per heavy atom. The molecule has 0 saturated carbocycles. The molecular weight excluding hydrogens is 410 g/mol. The highest BCUT2D eigenvalue weighted by Crippen LogP contribution is 2.35. The number of benzene rings is 3. The van der Waals surface area contributed by atoms with Gasteiger partial charge in [-0.05, 0) is 79.1 Å². The Balaban J connectivity index is 1.22. The van der Waals surface area contributed by atoms with Crippen molar-refractivity contribution < 1.29 is 9.59 Å². The van der Waals surface area contributed by atoms with Crippen LogP contribution in [0.3, 0.4) is 0 Å². The number of carbonyl (C=O) groups is 2. The third-order valence-electron chi connectivity index (χ3n) is 7.35. The van der Waals surface area contributed by atoms with Crippen LogP contribution in [0.5, 0.6) is 0 Å². The fraction of sp³-hybridized carbons (Fsp3) is 0.357. The maximum Gasteiger partial charge on any atom is 0.322 e. The lowest BCUT2D eigenvalue weighted by Crippen LogP contribution is -2.56. The van der Waals surface area contributed by atoms with E-state index in [9.17, 15) is 9.59 Å². The van der Waals surface area contributed by atoms with E-state index in [2.05, 4.69) is 70.1 Å². The topological polar surface area (TPSA) is 61.4 Å². The zero-order valence-electron chi connectivity index (χ0n) is 18.9. The van der Waals surface area contributed by atoms with Gasteiger partial charge in [0.15, 0.2) is 0 Å². The number of piperidine rings is 1. The van der Waals surface area contributed by atoms with Crippen molar-refractivity contribution in [2.45, 2.75) is 44.2 Å². The van der Waals surface area contributed by atoms with Crippen molar-refractivity contribution in [1.29, 1.82) is 0 Å². The van der Waals surface area contributed by atoms with E-state index in [0.29, 0.717) is 6.42 Å².